The molecule has 14 heavy (non-hydrogen) atoms. The SMILES string of the molecule is CCOC(=O)CNC(C)CS(C)(=O)=O. The average Bonchev–Trinajstić information content (AvgIpc) is 1.98. The summed E-state index contributed by atoms with van der Waals surface area (Å²) in [6.07, 6.45) is 1.16. The van der Waals surface area contributed by atoms with Crippen molar-refractivity contribution >= 4 is 15.8 Å². The number of hydrogen-bond donors (Lipinski definition) is 1. The fourth-order valence-electron chi connectivity index (χ4n) is 0.983. The molecule has 0 radical (unpaired) electrons. The van der Waals surface area contributed by atoms with Crippen LogP contribution >= 0.6 is 0 Å². The summed E-state index contributed by atoms with van der Waals surface area (Å²) in [5.41, 5.74) is 0. The maximum atomic E-state index is 10.9. The predicted octanol–water partition coefficient (Wildman–Crippen LogP) is -0.428. The number of hydrogen-bond acceptors (Lipinski definition) is 5. The van der Waals surface area contributed by atoms with Crippen LogP contribution in [-0.4, -0.2) is 45.6 Å². The van der Waals surface area contributed by atoms with E-state index < -0.39 is 9.84 Å². The summed E-state index contributed by atoms with van der Waals surface area (Å²) in [5.74, 6) is -0.347. The Bertz CT molecular complexity index is 273. The molecule has 0 spiro atoms. The minimum absolute atomic E-state index is 0.0202. The highest BCUT2D eigenvalue weighted by Crippen LogP contribution is 1.89. The van der Waals surface area contributed by atoms with Crippen molar-refractivity contribution < 1.29 is 17.9 Å². The number of nitrogens with one attached hydrogen (secondary N) is 1. The van der Waals surface area contributed by atoms with Gasteiger partial charge < -0.3 is 10.1 Å². The van der Waals surface area contributed by atoms with Crippen LogP contribution in [0.4, 0.5) is 0 Å². The average molecular weight is 223 g/mol. The summed E-state index contributed by atoms with van der Waals surface area (Å²) in [7, 11) is -3.00. The zero-order valence-electron chi connectivity index (χ0n) is 8.74. The Morgan fingerprint density at radius 3 is 2.50 bits per heavy atom. The standard InChI is InChI=1S/C8H17NO4S/c1-4-13-8(10)5-9-7(2)6-14(3,11)12/h7,9H,4-6H2,1-3H3. The van der Waals surface area contributed by atoms with Gasteiger partial charge in [-0.2, -0.15) is 0 Å². The Morgan fingerprint density at radius 1 is 1.50 bits per heavy atom. The minimum atomic E-state index is -3.00. The van der Waals surface area contributed by atoms with Crippen LogP contribution in [0.15, 0.2) is 0 Å². The molecule has 0 aromatic carbocycles. The Labute approximate surface area is 84.7 Å². The van der Waals surface area contributed by atoms with Crippen LogP contribution in [-0.2, 0) is 19.4 Å². The van der Waals surface area contributed by atoms with Crippen molar-refractivity contribution in [3.05, 3.63) is 0 Å². The second kappa shape index (κ2) is 5.98. The molecule has 5 nitrogen and oxygen atoms in total. The highest BCUT2D eigenvalue weighted by molar-refractivity contribution is 7.90. The fraction of sp³-hybridized carbons (Fsp3) is 0.875. The summed E-state index contributed by atoms with van der Waals surface area (Å²) >= 11 is 0. The van der Waals surface area contributed by atoms with E-state index in [0.717, 1.165) is 6.26 Å². The van der Waals surface area contributed by atoms with Gasteiger partial charge in [0.2, 0.25) is 0 Å². The summed E-state index contributed by atoms with van der Waals surface area (Å²) in [4.78, 5) is 10.9. The van der Waals surface area contributed by atoms with Gasteiger partial charge in [-0.25, -0.2) is 8.42 Å². The second-order valence-electron chi connectivity index (χ2n) is 3.18. The Hall–Kier alpha value is -0.620. The van der Waals surface area contributed by atoms with Crippen LogP contribution < -0.4 is 5.32 Å². The van der Waals surface area contributed by atoms with E-state index >= 15 is 0 Å². The van der Waals surface area contributed by atoms with Crippen molar-refractivity contribution in [1.29, 1.82) is 0 Å². The molecule has 0 fully saturated rings. The Morgan fingerprint density at radius 2 is 2.07 bits per heavy atom. The summed E-state index contributed by atoms with van der Waals surface area (Å²) in [6, 6.07) is -0.241. The van der Waals surface area contributed by atoms with E-state index in [2.05, 4.69) is 10.1 Å². The number of rotatable bonds is 6. The van der Waals surface area contributed by atoms with E-state index in [1.807, 2.05) is 0 Å². The molecule has 84 valence electrons. The van der Waals surface area contributed by atoms with Crippen LogP contribution in [0.1, 0.15) is 13.8 Å². The lowest BCUT2D eigenvalue weighted by Gasteiger charge is -2.11. The zero-order valence-corrected chi connectivity index (χ0v) is 9.56. The molecule has 0 saturated carbocycles. The van der Waals surface area contributed by atoms with Gasteiger partial charge in [0.1, 0.15) is 9.84 Å². The number of sulfone groups is 1. The van der Waals surface area contributed by atoms with Crippen molar-refractivity contribution in [1.82, 2.24) is 5.32 Å². The molecule has 0 heterocycles. The maximum absolute atomic E-state index is 10.9. The minimum Gasteiger partial charge on any atom is -0.465 e. The molecule has 0 aromatic heterocycles. The molecule has 1 atom stereocenters. The predicted molar refractivity (Wildman–Crippen MR) is 53.8 cm³/mol. The number of carbonyl (C=O) groups is 1. The molecule has 0 aliphatic heterocycles. The van der Waals surface area contributed by atoms with Crippen LogP contribution in [0, 0.1) is 0 Å². The molecule has 1 unspecified atom stereocenters. The molecule has 1 N–H and O–H groups in total. The second-order valence-corrected chi connectivity index (χ2v) is 5.36. The lowest BCUT2D eigenvalue weighted by Crippen LogP contribution is -2.36. The van der Waals surface area contributed by atoms with Crippen molar-refractivity contribution in [3.8, 4) is 0 Å². The molecule has 0 aliphatic rings. The van der Waals surface area contributed by atoms with Gasteiger partial charge in [0.05, 0.1) is 18.9 Å². The molecule has 0 bridgehead atoms. The highest BCUT2D eigenvalue weighted by atomic mass is 32.2. The number of carbonyl (C=O) groups excluding carboxylic acids is 1. The van der Waals surface area contributed by atoms with E-state index in [9.17, 15) is 13.2 Å². The Balaban J connectivity index is 3.74. The van der Waals surface area contributed by atoms with E-state index in [0.29, 0.717) is 6.61 Å². The van der Waals surface area contributed by atoms with Gasteiger partial charge in [0, 0.05) is 12.3 Å². The van der Waals surface area contributed by atoms with Crippen LogP contribution in [0.3, 0.4) is 0 Å². The van der Waals surface area contributed by atoms with Crippen LogP contribution in [0.2, 0.25) is 0 Å². The van der Waals surface area contributed by atoms with Crippen molar-refractivity contribution in [3.63, 3.8) is 0 Å². The highest BCUT2D eigenvalue weighted by Gasteiger charge is 2.11. The third kappa shape index (κ3) is 8.00. The molecule has 0 aromatic rings. The first-order valence-electron chi connectivity index (χ1n) is 4.42. The van der Waals surface area contributed by atoms with E-state index in [1.165, 1.54) is 0 Å². The van der Waals surface area contributed by atoms with Gasteiger partial charge in [-0.05, 0) is 13.8 Å². The first-order valence-corrected chi connectivity index (χ1v) is 6.48. The third-order valence-electron chi connectivity index (χ3n) is 1.45. The largest absolute Gasteiger partial charge is 0.465 e. The third-order valence-corrected chi connectivity index (χ3v) is 2.56. The fourth-order valence-corrected chi connectivity index (χ4v) is 2.01. The molecule has 0 rings (SSSR count). The molecule has 6 heteroatoms. The van der Waals surface area contributed by atoms with Crippen LogP contribution in [0.5, 0.6) is 0 Å². The normalized spacial score (nSPS) is 13.6. The molecule has 0 amide bonds. The van der Waals surface area contributed by atoms with E-state index in [4.69, 9.17) is 0 Å². The summed E-state index contributed by atoms with van der Waals surface area (Å²) < 4.78 is 26.4. The van der Waals surface area contributed by atoms with Crippen molar-refractivity contribution in [2.75, 3.05) is 25.2 Å². The monoisotopic (exact) mass is 223 g/mol. The molecule has 0 saturated heterocycles. The lowest BCUT2D eigenvalue weighted by atomic mass is 10.4. The van der Waals surface area contributed by atoms with Gasteiger partial charge >= 0.3 is 5.97 Å². The molecular formula is C8H17NO4S. The summed E-state index contributed by atoms with van der Waals surface area (Å²) in [5, 5.41) is 2.77. The summed E-state index contributed by atoms with van der Waals surface area (Å²) in [6.45, 7) is 3.81. The van der Waals surface area contributed by atoms with Crippen molar-refractivity contribution in [2.24, 2.45) is 0 Å². The van der Waals surface area contributed by atoms with Gasteiger partial charge in [0.15, 0.2) is 0 Å². The topological polar surface area (TPSA) is 72.5 Å². The van der Waals surface area contributed by atoms with E-state index in [1.54, 1.807) is 13.8 Å². The van der Waals surface area contributed by atoms with E-state index in [-0.39, 0.29) is 24.3 Å². The number of ether oxygens (including phenoxy) is 1. The first-order chi connectivity index (χ1) is 6.35. The van der Waals surface area contributed by atoms with Gasteiger partial charge in [-0.1, -0.05) is 0 Å². The Kier molecular flexibility index (Phi) is 5.71. The lowest BCUT2D eigenvalue weighted by molar-refractivity contribution is -0.142. The quantitative estimate of drug-likeness (QED) is 0.619. The smallest absolute Gasteiger partial charge is 0.319 e. The molecular weight excluding hydrogens is 206 g/mol. The van der Waals surface area contributed by atoms with Crippen molar-refractivity contribution in [2.45, 2.75) is 19.9 Å². The van der Waals surface area contributed by atoms with Gasteiger partial charge in [-0.3, -0.25) is 4.79 Å². The van der Waals surface area contributed by atoms with Gasteiger partial charge in [0.25, 0.3) is 0 Å². The maximum Gasteiger partial charge on any atom is 0.319 e. The first kappa shape index (κ1) is 13.4. The number of esters is 1. The van der Waals surface area contributed by atoms with Crippen LogP contribution in [0.25, 0.3) is 0 Å². The van der Waals surface area contributed by atoms with Gasteiger partial charge in [-0.15, -0.1) is 0 Å². The molecule has 0 aliphatic carbocycles. The zero-order chi connectivity index (χ0) is 11.2.